The SMILES string of the molecule is O=C(/C=C/c1ccccc1)c1cccc(-n2cc(-c3ccc(Cl)cc3)[nH]c2=O)c1. The Bertz CT molecular complexity index is 1240. The molecule has 5 heteroatoms. The lowest BCUT2D eigenvalue weighted by Gasteiger charge is -2.03. The third-order valence-corrected chi connectivity index (χ3v) is 4.76. The van der Waals surface area contributed by atoms with E-state index >= 15 is 0 Å². The van der Waals surface area contributed by atoms with Gasteiger partial charge in [0.25, 0.3) is 0 Å². The summed E-state index contributed by atoms with van der Waals surface area (Å²) in [5.41, 5.74) is 3.32. The molecule has 0 radical (unpaired) electrons. The van der Waals surface area contributed by atoms with Crippen LogP contribution in [0.25, 0.3) is 23.0 Å². The van der Waals surface area contributed by atoms with Crippen LogP contribution in [0.5, 0.6) is 0 Å². The molecule has 4 aromatic rings. The van der Waals surface area contributed by atoms with Crippen LogP contribution in [0.1, 0.15) is 15.9 Å². The fraction of sp³-hybridized carbons (Fsp3) is 0. The summed E-state index contributed by atoms with van der Waals surface area (Å²) in [6.07, 6.45) is 5.03. The first-order valence-corrected chi connectivity index (χ1v) is 9.43. The molecule has 4 rings (SSSR count). The molecular weight excluding hydrogens is 384 g/mol. The standard InChI is InChI=1S/C24H17ClN2O2/c25-20-12-10-18(11-13-20)22-16-27(24(29)26-22)21-8-4-7-19(15-21)23(28)14-9-17-5-2-1-3-6-17/h1-16H,(H,26,29)/b14-9+. The largest absolute Gasteiger partial charge is 0.330 e. The molecule has 0 fully saturated rings. The van der Waals surface area contributed by atoms with E-state index in [1.54, 1.807) is 48.7 Å². The monoisotopic (exact) mass is 400 g/mol. The van der Waals surface area contributed by atoms with Crippen molar-refractivity contribution in [3.8, 4) is 16.9 Å². The molecule has 1 heterocycles. The van der Waals surface area contributed by atoms with Gasteiger partial charge in [0.05, 0.1) is 11.4 Å². The van der Waals surface area contributed by atoms with Crippen LogP contribution in [0.4, 0.5) is 0 Å². The topological polar surface area (TPSA) is 54.9 Å². The Hall–Kier alpha value is -3.63. The van der Waals surface area contributed by atoms with Crippen LogP contribution < -0.4 is 5.69 Å². The number of H-pyrrole nitrogens is 1. The third-order valence-electron chi connectivity index (χ3n) is 4.51. The van der Waals surface area contributed by atoms with Crippen molar-refractivity contribution in [1.82, 2.24) is 9.55 Å². The van der Waals surface area contributed by atoms with Gasteiger partial charge < -0.3 is 4.98 Å². The molecule has 0 saturated carbocycles. The molecule has 4 nitrogen and oxygen atoms in total. The van der Waals surface area contributed by atoms with E-state index in [4.69, 9.17) is 11.6 Å². The smallest absolute Gasteiger partial charge is 0.305 e. The highest BCUT2D eigenvalue weighted by atomic mass is 35.5. The first-order valence-electron chi connectivity index (χ1n) is 9.06. The number of nitrogens with zero attached hydrogens (tertiary/aromatic N) is 1. The van der Waals surface area contributed by atoms with Gasteiger partial charge in [-0.25, -0.2) is 4.79 Å². The second kappa shape index (κ2) is 8.17. The molecule has 0 saturated heterocycles. The Balaban J connectivity index is 1.62. The fourth-order valence-electron chi connectivity index (χ4n) is 3.00. The van der Waals surface area contributed by atoms with Gasteiger partial charge in [-0.1, -0.05) is 72.3 Å². The van der Waals surface area contributed by atoms with Crippen molar-refractivity contribution in [2.24, 2.45) is 0 Å². The first kappa shape index (κ1) is 18.7. The molecule has 1 aromatic heterocycles. The molecule has 0 atom stereocenters. The van der Waals surface area contributed by atoms with E-state index in [-0.39, 0.29) is 11.5 Å². The number of carbonyl (C=O) groups excluding carboxylic acids is 1. The minimum absolute atomic E-state index is 0.128. The van der Waals surface area contributed by atoms with Gasteiger partial charge in [0, 0.05) is 16.8 Å². The van der Waals surface area contributed by atoms with Crippen LogP contribution in [0.15, 0.2) is 95.9 Å². The van der Waals surface area contributed by atoms with Crippen LogP contribution in [0, 0.1) is 0 Å². The van der Waals surface area contributed by atoms with Gasteiger partial charge in [0.1, 0.15) is 0 Å². The predicted octanol–water partition coefficient (Wildman–Crippen LogP) is 5.38. The number of halogens is 1. The number of nitrogens with one attached hydrogen (secondary N) is 1. The van der Waals surface area contributed by atoms with Gasteiger partial charge in [-0.3, -0.25) is 9.36 Å². The van der Waals surface area contributed by atoms with Crippen molar-refractivity contribution >= 4 is 23.5 Å². The number of ketones is 1. The van der Waals surface area contributed by atoms with Gasteiger partial charge in [0.15, 0.2) is 5.78 Å². The van der Waals surface area contributed by atoms with Gasteiger partial charge in [-0.05, 0) is 41.5 Å². The zero-order chi connectivity index (χ0) is 20.2. The van der Waals surface area contributed by atoms with Crippen LogP contribution >= 0.6 is 11.6 Å². The minimum Gasteiger partial charge on any atom is -0.305 e. The highest BCUT2D eigenvalue weighted by Gasteiger charge is 2.09. The number of benzene rings is 3. The number of allylic oxidation sites excluding steroid dienone is 1. The lowest BCUT2D eigenvalue weighted by Crippen LogP contribution is -2.14. The molecule has 0 aliphatic rings. The number of hydrogen-bond donors (Lipinski definition) is 1. The second-order valence-corrected chi connectivity index (χ2v) is 6.94. The Morgan fingerprint density at radius 2 is 1.69 bits per heavy atom. The summed E-state index contributed by atoms with van der Waals surface area (Å²) in [5, 5.41) is 0.630. The van der Waals surface area contributed by atoms with E-state index in [9.17, 15) is 9.59 Å². The molecule has 0 unspecified atom stereocenters. The first-order chi connectivity index (χ1) is 14.1. The predicted molar refractivity (Wildman–Crippen MR) is 117 cm³/mol. The van der Waals surface area contributed by atoms with Crippen LogP contribution in [-0.2, 0) is 0 Å². The average molecular weight is 401 g/mol. The van der Waals surface area contributed by atoms with Crippen molar-refractivity contribution in [3.05, 3.63) is 118 Å². The number of imidazole rings is 1. The molecular formula is C24H17ClN2O2. The molecule has 3 aromatic carbocycles. The molecule has 0 aliphatic carbocycles. The zero-order valence-electron chi connectivity index (χ0n) is 15.4. The van der Waals surface area contributed by atoms with Gasteiger partial charge in [-0.2, -0.15) is 0 Å². The Morgan fingerprint density at radius 3 is 2.45 bits per heavy atom. The fourth-order valence-corrected chi connectivity index (χ4v) is 3.13. The molecule has 0 amide bonds. The number of aromatic amines is 1. The number of hydrogen-bond acceptors (Lipinski definition) is 2. The van der Waals surface area contributed by atoms with E-state index in [0.29, 0.717) is 22.0 Å². The summed E-state index contributed by atoms with van der Waals surface area (Å²) in [4.78, 5) is 27.8. The maximum atomic E-state index is 12.6. The van der Waals surface area contributed by atoms with E-state index in [2.05, 4.69) is 4.98 Å². The van der Waals surface area contributed by atoms with Crippen molar-refractivity contribution < 1.29 is 4.79 Å². The Labute approximate surface area is 172 Å². The quantitative estimate of drug-likeness (QED) is 0.361. The molecule has 29 heavy (non-hydrogen) atoms. The summed E-state index contributed by atoms with van der Waals surface area (Å²) < 4.78 is 1.49. The molecule has 0 aliphatic heterocycles. The van der Waals surface area contributed by atoms with Crippen molar-refractivity contribution in [2.75, 3.05) is 0 Å². The van der Waals surface area contributed by atoms with Crippen LogP contribution in [0.2, 0.25) is 5.02 Å². The van der Waals surface area contributed by atoms with Gasteiger partial charge >= 0.3 is 5.69 Å². The second-order valence-electron chi connectivity index (χ2n) is 6.51. The molecule has 0 spiro atoms. The minimum atomic E-state index is -0.278. The van der Waals surface area contributed by atoms with Crippen LogP contribution in [0.3, 0.4) is 0 Å². The molecule has 1 N–H and O–H groups in total. The lowest BCUT2D eigenvalue weighted by atomic mass is 10.1. The normalized spacial score (nSPS) is 11.1. The number of aromatic nitrogens is 2. The summed E-state index contributed by atoms with van der Waals surface area (Å²) >= 11 is 5.93. The van der Waals surface area contributed by atoms with E-state index in [1.807, 2.05) is 42.5 Å². The van der Waals surface area contributed by atoms with Crippen molar-refractivity contribution in [2.45, 2.75) is 0 Å². The van der Waals surface area contributed by atoms with Crippen molar-refractivity contribution in [3.63, 3.8) is 0 Å². The van der Waals surface area contributed by atoms with Crippen LogP contribution in [-0.4, -0.2) is 15.3 Å². The third kappa shape index (κ3) is 4.28. The van der Waals surface area contributed by atoms with E-state index in [0.717, 1.165) is 11.1 Å². The summed E-state index contributed by atoms with van der Waals surface area (Å²) in [6, 6.07) is 23.8. The summed E-state index contributed by atoms with van der Waals surface area (Å²) in [6.45, 7) is 0. The highest BCUT2D eigenvalue weighted by molar-refractivity contribution is 6.30. The van der Waals surface area contributed by atoms with Gasteiger partial charge in [-0.15, -0.1) is 0 Å². The lowest BCUT2D eigenvalue weighted by molar-refractivity contribution is 0.104. The summed E-state index contributed by atoms with van der Waals surface area (Å²) in [7, 11) is 0. The van der Waals surface area contributed by atoms with E-state index in [1.165, 1.54) is 10.6 Å². The maximum Gasteiger partial charge on any atom is 0.330 e. The number of carbonyl (C=O) groups is 1. The highest BCUT2D eigenvalue weighted by Crippen LogP contribution is 2.20. The zero-order valence-corrected chi connectivity index (χ0v) is 16.1. The Morgan fingerprint density at radius 1 is 0.931 bits per heavy atom. The van der Waals surface area contributed by atoms with E-state index < -0.39 is 0 Å². The van der Waals surface area contributed by atoms with Crippen molar-refractivity contribution in [1.29, 1.82) is 0 Å². The molecule has 0 bridgehead atoms. The maximum absolute atomic E-state index is 12.6. The van der Waals surface area contributed by atoms with Gasteiger partial charge in [0.2, 0.25) is 0 Å². The summed E-state index contributed by atoms with van der Waals surface area (Å²) in [5.74, 6) is -0.128. The average Bonchev–Trinajstić information content (AvgIpc) is 3.15. The number of rotatable bonds is 5. The molecule has 142 valence electrons. The Kier molecular flexibility index (Phi) is 5.27.